The molecule has 0 fully saturated rings. The minimum Gasteiger partial charge on any atom is -0.295 e. The molecule has 0 amide bonds. The summed E-state index contributed by atoms with van der Waals surface area (Å²) in [7, 11) is 0. The highest BCUT2D eigenvalue weighted by Crippen LogP contribution is 1.92. The molecule has 68 valence electrons. The fourth-order valence-corrected chi connectivity index (χ4v) is 0.911. The second-order valence-electron chi connectivity index (χ2n) is 2.14. The van der Waals surface area contributed by atoms with Gasteiger partial charge in [0.1, 0.15) is 0 Å². The number of rotatable bonds is 6. The smallest absolute Gasteiger partial charge is 0.157 e. The van der Waals surface area contributed by atoms with Gasteiger partial charge in [0.25, 0.3) is 0 Å². The average molecular weight is 209 g/mol. The van der Waals surface area contributed by atoms with E-state index in [0.29, 0.717) is 0 Å². The Bertz CT molecular complexity index is 167. The highest BCUT2D eigenvalue weighted by Gasteiger charge is 1.97. The minimum atomic E-state index is -0.132. The molecule has 0 saturated carbocycles. The van der Waals surface area contributed by atoms with Crippen LogP contribution in [-0.2, 0) is 9.59 Å². The van der Waals surface area contributed by atoms with Gasteiger partial charge < -0.3 is 0 Å². The Morgan fingerprint density at radius 2 is 1.25 bits per heavy atom. The standard InChI is InChI=1S/C8H10Cl2O2/c9-5-3-7(11)1-2-8(12)4-6-10/h1-2H,3-6H2. The quantitative estimate of drug-likeness (QED) is 0.494. The largest absolute Gasteiger partial charge is 0.295 e. The third kappa shape index (κ3) is 6.38. The van der Waals surface area contributed by atoms with Crippen LogP contribution in [0.3, 0.4) is 0 Å². The van der Waals surface area contributed by atoms with Crippen molar-refractivity contribution in [1.29, 1.82) is 0 Å². The second-order valence-corrected chi connectivity index (χ2v) is 2.90. The number of carbonyl (C=O) groups is 2. The maximum Gasteiger partial charge on any atom is 0.157 e. The first kappa shape index (κ1) is 11.7. The Labute approximate surface area is 81.5 Å². The third-order valence-corrected chi connectivity index (χ3v) is 1.51. The molecular formula is C8H10Cl2O2. The Morgan fingerprint density at radius 1 is 0.917 bits per heavy atom. The second kappa shape index (κ2) is 7.32. The van der Waals surface area contributed by atoms with Crippen molar-refractivity contribution in [3.05, 3.63) is 12.2 Å². The van der Waals surface area contributed by atoms with Crippen LogP contribution in [0.1, 0.15) is 12.8 Å². The molecular weight excluding hydrogens is 199 g/mol. The summed E-state index contributed by atoms with van der Waals surface area (Å²) in [4.78, 5) is 21.6. The molecule has 0 radical (unpaired) electrons. The number of halogens is 2. The zero-order valence-corrected chi connectivity index (χ0v) is 8.07. The van der Waals surface area contributed by atoms with Crippen molar-refractivity contribution >= 4 is 34.8 Å². The lowest BCUT2D eigenvalue weighted by molar-refractivity contribution is -0.116. The third-order valence-electron chi connectivity index (χ3n) is 1.14. The van der Waals surface area contributed by atoms with Gasteiger partial charge in [0.15, 0.2) is 11.6 Å². The highest BCUT2D eigenvalue weighted by atomic mass is 35.5. The fourth-order valence-electron chi connectivity index (χ4n) is 0.539. The molecule has 4 heteroatoms. The Kier molecular flexibility index (Phi) is 7.11. The molecule has 0 aliphatic heterocycles. The van der Waals surface area contributed by atoms with Gasteiger partial charge in [0.05, 0.1) is 0 Å². The Morgan fingerprint density at radius 3 is 1.50 bits per heavy atom. The van der Waals surface area contributed by atoms with Crippen molar-refractivity contribution in [2.45, 2.75) is 12.8 Å². The number of hydrogen-bond donors (Lipinski definition) is 0. The van der Waals surface area contributed by atoms with Crippen LogP contribution in [0.15, 0.2) is 12.2 Å². The van der Waals surface area contributed by atoms with Gasteiger partial charge in [0.2, 0.25) is 0 Å². The van der Waals surface area contributed by atoms with E-state index in [4.69, 9.17) is 23.2 Å². The first-order chi connectivity index (χ1) is 5.70. The van der Waals surface area contributed by atoms with Gasteiger partial charge in [-0.15, -0.1) is 23.2 Å². The van der Waals surface area contributed by atoms with Crippen molar-refractivity contribution in [3.63, 3.8) is 0 Å². The van der Waals surface area contributed by atoms with E-state index >= 15 is 0 Å². The number of hydrogen-bond acceptors (Lipinski definition) is 2. The summed E-state index contributed by atoms with van der Waals surface area (Å²) in [6, 6.07) is 0. The van der Waals surface area contributed by atoms with Crippen molar-refractivity contribution in [2.75, 3.05) is 11.8 Å². The number of carbonyl (C=O) groups excluding carboxylic acids is 2. The molecule has 0 atom stereocenters. The molecule has 0 spiro atoms. The average Bonchev–Trinajstić information content (AvgIpc) is 2.02. The van der Waals surface area contributed by atoms with E-state index in [9.17, 15) is 9.59 Å². The normalized spacial score (nSPS) is 10.5. The molecule has 0 aromatic carbocycles. The lowest BCUT2D eigenvalue weighted by Crippen LogP contribution is -1.97. The van der Waals surface area contributed by atoms with Crippen LogP contribution < -0.4 is 0 Å². The molecule has 0 unspecified atom stereocenters. The predicted octanol–water partition coefficient (Wildman–Crippen LogP) is 1.94. The topological polar surface area (TPSA) is 34.1 Å². The van der Waals surface area contributed by atoms with E-state index in [1.165, 1.54) is 12.2 Å². The van der Waals surface area contributed by atoms with Crippen LogP contribution in [0.5, 0.6) is 0 Å². The first-order valence-corrected chi connectivity index (χ1v) is 4.63. The molecule has 0 aromatic rings. The van der Waals surface area contributed by atoms with Crippen molar-refractivity contribution in [3.8, 4) is 0 Å². The molecule has 0 rings (SSSR count). The molecule has 0 N–H and O–H groups in total. The van der Waals surface area contributed by atoms with Crippen LogP contribution in [-0.4, -0.2) is 23.3 Å². The number of allylic oxidation sites excluding steroid dienone is 2. The van der Waals surface area contributed by atoms with E-state index in [-0.39, 0.29) is 36.2 Å². The Balaban J connectivity index is 3.73. The summed E-state index contributed by atoms with van der Waals surface area (Å²) in [6.07, 6.45) is 3.03. The van der Waals surface area contributed by atoms with E-state index in [1.54, 1.807) is 0 Å². The highest BCUT2D eigenvalue weighted by molar-refractivity contribution is 6.20. The van der Waals surface area contributed by atoms with Gasteiger partial charge >= 0.3 is 0 Å². The van der Waals surface area contributed by atoms with Crippen LogP contribution in [0.4, 0.5) is 0 Å². The van der Waals surface area contributed by atoms with Gasteiger partial charge in [-0.05, 0) is 12.2 Å². The van der Waals surface area contributed by atoms with Gasteiger partial charge in [-0.2, -0.15) is 0 Å². The SMILES string of the molecule is O=C(C=CC(=O)CCCl)CCCl. The number of alkyl halides is 2. The van der Waals surface area contributed by atoms with E-state index in [0.717, 1.165) is 0 Å². The van der Waals surface area contributed by atoms with E-state index in [2.05, 4.69) is 0 Å². The summed E-state index contributed by atoms with van der Waals surface area (Å²) in [5.74, 6) is 0.306. The molecule has 0 aromatic heterocycles. The predicted molar refractivity (Wildman–Crippen MR) is 49.8 cm³/mol. The maximum absolute atomic E-state index is 10.8. The van der Waals surface area contributed by atoms with Crippen molar-refractivity contribution in [2.24, 2.45) is 0 Å². The Hall–Kier alpha value is -0.340. The van der Waals surface area contributed by atoms with Gasteiger partial charge in [-0.1, -0.05) is 0 Å². The molecule has 2 nitrogen and oxygen atoms in total. The molecule has 0 heterocycles. The van der Waals surface area contributed by atoms with E-state index < -0.39 is 0 Å². The summed E-state index contributed by atoms with van der Waals surface area (Å²) >= 11 is 10.6. The van der Waals surface area contributed by atoms with Gasteiger partial charge in [0, 0.05) is 24.6 Å². The minimum absolute atomic E-state index is 0.132. The van der Waals surface area contributed by atoms with Gasteiger partial charge in [-0.25, -0.2) is 0 Å². The molecule has 0 aliphatic rings. The zero-order chi connectivity index (χ0) is 9.40. The molecule has 12 heavy (non-hydrogen) atoms. The molecule has 0 bridgehead atoms. The number of ketones is 2. The van der Waals surface area contributed by atoms with Crippen LogP contribution in [0.25, 0.3) is 0 Å². The fraction of sp³-hybridized carbons (Fsp3) is 0.500. The summed E-state index contributed by atoms with van der Waals surface area (Å²) in [5.41, 5.74) is 0. The zero-order valence-electron chi connectivity index (χ0n) is 6.56. The molecule has 0 aliphatic carbocycles. The lowest BCUT2D eigenvalue weighted by Gasteiger charge is -1.88. The van der Waals surface area contributed by atoms with E-state index in [1.807, 2.05) is 0 Å². The summed E-state index contributed by atoms with van der Waals surface area (Å²) < 4.78 is 0. The monoisotopic (exact) mass is 208 g/mol. The van der Waals surface area contributed by atoms with Crippen LogP contribution in [0, 0.1) is 0 Å². The van der Waals surface area contributed by atoms with Crippen molar-refractivity contribution in [1.82, 2.24) is 0 Å². The summed E-state index contributed by atoms with van der Waals surface area (Å²) in [6.45, 7) is 0. The van der Waals surface area contributed by atoms with Crippen molar-refractivity contribution < 1.29 is 9.59 Å². The first-order valence-electron chi connectivity index (χ1n) is 3.56. The lowest BCUT2D eigenvalue weighted by atomic mass is 10.2. The van der Waals surface area contributed by atoms with Crippen LogP contribution in [0.2, 0.25) is 0 Å². The maximum atomic E-state index is 10.8. The summed E-state index contributed by atoms with van der Waals surface area (Å²) in [5, 5.41) is 0. The molecule has 0 saturated heterocycles. The van der Waals surface area contributed by atoms with Gasteiger partial charge in [-0.3, -0.25) is 9.59 Å². The van der Waals surface area contributed by atoms with Crippen LogP contribution >= 0.6 is 23.2 Å².